The first kappa shape index (κ1) is 12.4. The van der Waals surface area contributed by atoms with Gasteiger partial charge in [0.15, 0.2) is 5.90 Å². The van der Waals surface area contributed by atoms with Crippen LogP contribution in [-0.2, 0) is 14.3 Å². The van der Waals surface area contributed by atoms with Crippen LogP contribution in [0.4, 0.5) is 0 Å². The summed E-state index contributed by atoms with van der Waals surface area (Å²) in [5, 5.41) is 9.39. The van der Waals surface area contributed by atoms with Gasteiger partial charge in [0.25, 0.3) is 0 Å². The van der Waals surface area contributed by atoms with Crippen molar-refractivity contribution in [2.75, 3.05) is 13.2 Å². The van der Waals surface area contributed by atoms with Gasteiger partial charge >= 0.3 is 5.97 Å². The van der Waals surface area contributed by atoms with Crippen molar-refractivity contribution in [1.29, 1.82) is 0 Å². The molecule has 18 heavy (non-hydrogen) atoms. The number of esters is 1. The Morgan fingerprint density at radius 2 is 2.44 bits per heavy atom. The SMILES string of the molecule is CCOC(=O)CC1=NCC(c2cccc(O)c2)O1. The molecule has 0 aliphatic carbocycles. The first-order chi connectivity index (χ1) is 8.69. The third-order valence-corrected chi connectivity index (χ3v) is 2.55. The summed E-state index contributed by atoms with van der Waals surface area (Å²) in [5.74, 6) is 0.240. The summed E-state index contributed by atoms with van der Waals surface area (Å²) in [5.41, 5.74) is 0.845. The molecule has 0 spiro atoms. The largest absolute Gasteiger partial charge is 0.508 e. The zero-order valence-corrected chi connectivity index (χ0v) is 10.1. The van der Waals surface area contributed by atoms with Gasteiger partial charge in [0, 0.05) is 0 Å². The predicted octanol–water partition coefficient (Wildman–Crippen LogP) is 1.82. The van der Waals surface area contributed by atoms with Crippen molar-refractivity contribution >= 4 is 11.9 Å². The molecule has 1 aromatic carbocycles. The minimum Gasteiger partial charge on any atom is -0.508 e. The number of benzene rings is 1. The van der Waals surface area contributed by atoms with E-state index >= 15 is 0 Å². The number of hydrogen-bond donors (Lipinski definition) is 1. The van der Waals surface area contributed by atoms with Crippen molar-refractivity contribution in [1.82, 2.24) is 0 Å². The Kier molecular flexibility index (Phi) is 3.82. The smallest absolute Gasteiger partial charge is 0.315 e. The van der Waals surface area contributed by atoms with E-state index in [9.17, 15) is 9.90 Å². The lowest BCUT2D eigenvalue weighted by Crippen LogP contribution is -2.12. The van der Waals surface area contributed by atoms with Crippen LogP contribution in [0.25, 0.3) is 0 Å². The van der Waals surface area contributed by atoms with E-state index in [0.717, 1.165) is 5.56 Å². The molecule has 1 unspecified atom stereocenters. The van der Waals surface area contributed by atoms with Gasteiger partial charge in [0.2, 0.25) is 0 Å². The van der Waals surface area contributed by atoms with Gasteiger partial charge in [-0.25, -0.2) is 0 Å². The highest BCUT2D eigenvalue weighted by Gasteiger charge is 2.23. The number of phenols is 1. The molecular formula is C13H15NO4. The van der Waals surface area contributed by atoms with Gasteiger partial charge in [0.05, 0.1) is 13.2 Å². The zero-order valence-electron chi connectivity index (χ0n) is 10.1. The second-order valence-corrected chi connectivity index (χ2v) is 3.92. The number of hydrogen-bond acceptors (Lipinski definition) is 5. The number of nitrogens with zero attached hydrogens (tertiary/aromatic N) is 1. The van der Waals surface area contributed by atoms with Crippen molar-refractivity contribution in [3.8, 4) is 5.75 Å². The van der Waals surface area contributed by atoms with E-state index in [1.165, 1.54) is 0 Å². The fraction of sp³-hybridized carbons (Fsp3) is 0.385. The second-order valence-electron chi connectivity index (χ2n) is 3.92. The molecule has 0 saturated carbocycles. The molecule has 1 aliphatic heterocycles. The van der Waals surface area contributed by atoms with Gasteiger partial charge in [-0.3, -0.25) is 9.79 Å². The van der Waals surface area contributed by atoms with Crippen LogP contribution in [0.5, 0.6) is 5.75 Å². The highest BCUT2D eigenvalue weighted by Crippen LogP contribution is 2.26. The lowest BCUT2D eigenvalue weighted by molar-refractivity contribution is -0.141. The second kappa shape index (κ2) is 5.53. The molecule has 5 heteroatoms. The maximum Gasteiger partial charge on any atom is 0.315 e. The average Bonchev–Trinajstić information content (AvgIpc) is 2.78. The van der Waals surface area contributed by atoms with E-state index in [1.807, 2.05) is 6.07 Å². The third kappa shape index (κ3) is 3.00. The minimum atomic E-state index is -0.340. The molecule has 0 fully saturated rings. The summed E-state index contributed by atoms with van der Waals surface area (Å²) in [4.78, 5) is 15.4. The van der Waals surface area contributed by atoms with Crippen LogP contribution < -0.4 is 0 Å². The Bertz CT molecular complexity index is 470. The maximum absolute atomic E-state index is 11.3. The molecule has 0 amide bonds. The summed E-state index contributed by atoms with van der Waals surface area (Å²) in [7, 11) is 0. The monoisotopic (exact) mass is 249 g/mol. The van der Waals surface area contributed by atoms with Gasteiger partial charge in [0.1, 0.15) is 18.3 Å². The molecule has 2 rings (SSSR count). The Morgan fingerprint density at radius 3 is 3.17 bits per heavy atom. The van der Waals surface area contributed by atoms with Crippen LogP contribution in [0.2, 0.25) is 0 Å². The van der Waals surface area contributed by atoms with E-state index in [1.54, 1.807) is 25.1 Å². The number of carbonyl (C=O) groups is 1. The first-order valence-electron chi connectivity index (χ1n) is 5.83. The standard InChI is InChI=1S/C13H15NO4/c1-2-17-13(16)7-12-14-8-11(18-12)9-4-3-5-10(15)6-9/h3-6,11,15H,2,7-8H2,1H3. The summed E-state index contributed by atoms with van der Waals surface area (Å²) < 4.78 is 10.4. The summed E-state index contributed by atoms with van der Waals surface area (Å²) in [6.07, 6.45) is -0.176. The number of carbonyl (C=O) groups excluding carboxylic acids is 1. The summed E-state index contributed by atoms with van der Waals surface area (Å²) >= 11 is 0. The molecule has 1 aromatic rings. The molecule has 1 N–H and O–H groups in total. The van der Waals surface area contributed by atoms with E-state index < -0.39 is 0 Å². The normalized spacial score (nSPS) is 18.1. The molecule has 0 radical (unpaired) electrons. The molecule has 96 valence electrons. The highest BCUT2D eigenvalue weighted by atomic mass is 16.5. The minimum absolute atomic E-state index is 0.0587. The van der Waals surface area contributed by atoms with Crippen LogP contribution in [0.15, 0.2) is 29.3 Å². The molecule has 0 bridgehead atoms. The topological polar surface area (TPSA) is 68.1 Å². The van der Waals surface area contributed by atoms with Gasteiger partial charge in [-0.15, -0.1) is 0 Å². The van der Waals surface area contributed by atoms with Crippen molar-refractivity contribution < 1.29 is 19.4 Å². The molecular weight excluding hydrogens is 234 g/mol. The lowest BCUT2D eigenvalue weighted by atomic mass is 10.1. The molecule has 5 nitrogen and oxygen atoms in total. The van der Waals surface area contributed by atoms with Gasteiger partial charge < -0.3 is 14.6 Å². The highest BCUT2D eigenvalue weighted by molar-refractivity contribution is 5.95. The van der Waals surface area contributed by atoms with E-state index in [2.05, 4.69) is 4.99 Å². The summed E-state index contributed by atoms with van der Waals surface area (Å²) in [6, 6.07) is 6.83. The fourth-order valence-corrected chi connectivity index (χ4v) is 1.76. The number of aromatic hydroxyl groups is 1. The van der Waals surface area contributed by atoms with Gasteiger partial charge in [-0.2, -0.15) is 0 Å². The van der Waals surface area contributed by atoms with Gasteiger partial charge in [-0.05, 0) is 24.6 Å². The Morgan fingerprint density at radius 1 is 1.61 bits per heavy atom. The van der Waals surface area contributed by atoms with Crippen LogP contribution >= 0.6 is 0 Å². The zero-order chi connectivity index (χ0) is 13.0. The van der Waals surface area contributed by atoms with Crippen molar-refractivity contribution in [2.45, 2.75) is 19.4 Å². The van der Waals surface area contributed by atoms with E-state index in [4.69, 9.17) is 9.47 Å². The van der Waals surface area contributed by atoms with Crippen LogP contribution in [-0.4, -0.2) is 30.1 Å². The van der Waals surface area contributed by atoms with Gasteiger partial charge in [-0.1, -0.05) is 12.1 Å². The number of aliphatic imine (C=N–C) groups is 1. The van der Waals surface area contributed by atoms with Crippen molar-refractivity contribution in [2.24, 2.45) is 4.99 Å². The fourth-order valence-electron chi connectivity index (χ4n) is 1.76. The molecule has 0 aromatic heterocycles. The van der Waals surface area contributed by atoms with Crippen LogP contribution in [0.3, 0.4) is 0 Å². The Balaban J connectivity index is 1.93. The maximum atomic E-state index is 11.3. The Labute approximate surface area is 105 Å². The van der Waals surface area contributed by atoms with Crippen LogP contribution in [0.1, 0.15) is 25.0 Å². The molecule has 1 aliphatic rings. The predicted molar refractivity (Wildman–Crippen MR) is 65.5 cm³/mol. The molecule has 1 atom stereocenters. The third-order valence-electron chi connectivity index (χ3n) is 2.55. The van der Waals surface area contributed by atoms with E-state index in [0.29, 0.717) is 19.0 Å². The molecule has 0 saturated heterocycles. The van der Waals surface area contributed by atoms with Crippen LogP contribution in [0, 0.1) is 0 Å². The quantitative estimate of drug-likeness (QED) is 0.826. The average molecular weight is 249 g/mol. The summed E-state index contributed by atoms with van der Waals surface area (Å²) in [6.45, 7) is 2.56. The molecule has 1 heterocycles. The number of rotatable bonds is 4. The Hall–Kier alpha value is -2.04. The number of phenolic OH excluding ortho intramolecular Hbond substituents is 1. The lowest BCUT2D eigenvalue weighted by Gasteiger charge is -2.11. The van der Waals surface area contributed by atoms with Crippen molar-refractivity contribution in [3.63, 3.8) is 0 Å². The van der Waals surface area contributed by atoms with E-state index in [-0.39, 0.29) is 24.2 Å². The first-order valence-corrected chi connectivity index (χ1v) is 5.83. The van der Waals surface area contributed by atoms with Crippen molar-refractivity contribution in [3.05, 3.63) is 29.8 Å². The number of ether oxygens (including phenoxy) is 2.